The summed E-state index contributed by atoms with van der Waals surface area (Å²) in [6, 6.07) is 3.97. The van der Waals surface area contributed by atoms with Crippen molar-refractivity contribution < 1.29 is 9.13 Å². The van der Waals surface area contributed by atoms with E-state index in [0.29, 0.717) is 46.2 Å². The van der Waals surface area contributed by atoms with Crippen LogP contribution in [-0.2, 0) is 13.5 Å². The highest BCUT2D eigenvalue weighted by molar-refractivity contribution is 5.93. The molecule has 1 aliphatic rings. The fourth-order valence-corrected chi connectivity index (χ4v) is 4.49. The number of likely N-dealkylation sites (tertiary alicyclic amines) is 1. The Kier molecular flexibility index (Phi) is 5.64. The van der Waals surface area contributed by atoms with Crippen molar-refractivity contribution in [2.75, 3.05) is 20.2 Å². The molecule has 7 heteroatoms. The van der Waals surface area contributed by atoms with Gasteiger partial charge < -0.3 is 14.2 Å². The molecule has 1 N–H and O–H groups in total. The van der Waals surface area contributed by atoms with Crippen molar-refractivity contribution in [2.24, 2.45) is 13.0 Å². The molecule has 0 bridgehead atoms. The summed E-state index contributed by atoms with van der Waals surface area (Å²) in [4.78, 5) is 14.8. The number of nitrogens with zero attached hydrogens (tertiary/aromatic N) is 3. The van der Waals surface area contributed by atoms with E-state index in [9.17, 15) is 4.79 Å². The maximum atomic E-state index is 15.3. The van der Waals surface area contributed by atoms with E-state index in [-0.39, 0.29) is 11.4 Å². The summed E-state index contributed by atoms with van der Waals surface area (Å²) >= 11 is 0. The molecule has 0 unspecified atom stereocenters. The Bertz CT molecular complexity index is 1110. The van der Waals surface area contributed by atoms with Gasteiger partial charge in [0.15, 0.2) is 0 Å². The zero-order chi connectivity index (χ0) is 21.4. The van der Waals surface area contributed by atoms with Crippen LogP contribution in [0.5, 0.6) is 5.75 Å². The number of methoxy groups -OCH3 is 1. The summed E-state index contributed by atoms with van der Waals surface area (Å²) in [5, 5.41) is 7.42. The minimum absolute atomic E-state index is 0.164. The highest BCUT2D eigenvalue weighted by Gasteiger charge is 2.24. The van der Waals surface area contributed by atoms with Crippen LogP contribution >= 0.6 is 0 Å². The molecule has 6 nitrogen and oxygen atoms in total. The highest BCUT2D eigenvalue weighted by Crippen LogP contribution is 2.35. The van der Waals surface area contributed by atoms with E-state index >= 15 is 4.39 Å². The van der Waals surface area contributed by atoms with E-state index in [2.05, 4.69) is 28.9 Å². The van der Waals surface area contributed by atoms with E-state index in [4.69, 9.17) is 4.74 Å². The third kappa shape index (κ3) is 3.74. The highest BCUT2D eigenvalue weighted by atomic mass is 19.1. The number of benzene rings is 1. The summed E-state index contributed by atoms with van der Waals surface area (Å²) in [5.41, 5.74) is 2.30. The number of ether oxygens (including phenoxy) is 1. The summed E-state index contributed by atoms with van der Waals surface area (Å²) in [6.45, 7) is 6.55. The van der Waals surface area contributed by atoms with Crippen molar-refractivity contribution in [2.45, 2.75) is 39.2 Å². The molecule has 3 heterocycles. The third-order valence-corrected chi connectivity index (χ3v) is 6.34. The second-order valence-corrected chi connectivity index (χ2v) is 8.53. The smallest absolute Gasteiger partial charge is 0.276 e. The molecule has 0 radical (unpaired) electrons. The average Bonchev–Trinajstić information content (AvgIpc) is 3.22. The first kappa shape index (κ1) is 20.6. The van der Waals surface area contributed by atoms with Crippen LogP contribution in [0.4, 0.5) is 4.39 Å². The molecule has 4 rings (SSSR count). The molecular formula is C23H29FN4O2. The van der Waals surface area contributed by atoms with Crippen LogP contribution in [0.1, 0.15) is 32.3 Å². The van der Waals surface area contributed by atoms with Gasteiger partial charge >= 0.3 is 0 Å². The Morgan fingerprint density at radius 3 is 2.70 bits per heavy atom. The van der Waals surface area contributed by atoms with Gasteiger partial charge in [0.2, 0.25) is 0 Å². The molecule has 1 aromatic carbocycles. The Hall–Kier alpha value is -2.67. The van der Waals surface area contributed by atoms with E-state index in [1.807, 2.05) is 6.07 Å². The number of rotatable bonds is 5. The predicted octanol–water partition coefficient (Wildman–Crippen LogP) is 3.74. The van der Waals surface area contributed by atoms with Crippen molar-refractivity contribution in [3.8, 4) is 16.9 Å². The molecule has 0 amide bonds. The zero-order valence-electron chi connectivity index (χ0n) is 18.0. The Morgan fingerprint density at radius 2 is 2.03 bits per heavy atom. The first-order valence-electron chi connectivity index (χ1n) is 10.5. The maximum Gasteiger partial charge on any atom is 0.276 e. The maximum absolute atomic E-state index is 15.3. The molecule has 1 fully saturated rings. The minimum Gasteiger partial charge on any atom is -0.496 e. The average molecular weight is 413 g/mol. The number of hydrogen-bond acceptors (Lipinski definition) is 4. The van der Waals surface area contributed by atoms with Crippen molar-refractivity contribution in [3.63, 3.8) is 0 Å². The van der Waals surface area contributed by atoms with Crippen LogP contribution in [0.2, 0.25) is 0 Å². The van der Waals surface area contributed by atoms with Crippen molar-refractivity contribution in [1.82, 2.24) is 19.7 Å². The lowest BCUT2D eigenvalue weighted by Crippen LogP contribution is -2.38. The molecule has 1 aliphatic heterocycles. The third-order valence-electron chi connectivity index (χ3n) is 6.34. The van der Waals surface area contributed by atoms with Gasteiger partial charge in [-0.3, -0.25) is 9.89 Å². The standard InChI is InChI=1S/C23H29FN4O2/c1-14(2)28-7-5-15(6-8-28)9-17-20(24)10-16(11-21(17)30-4)19-13-27(3)23(29)22-18(19)12-25-26-22/h10-15H,5-9H2,1-4H3,(H,25,26). The first-order chi connectivity index (χ1) is 14.4. The van der Waals surface area contributed by atoms with Crippen LogP contribution in [0.25, 0.3) is 22.0 Å². The number of fused-ring (bicyclic) bond motifs is 1. The SMILES string of the molecule is COc1cc(-c2cn(C)c(=O)c3[nH]ncc23)cc(F)c1CC1CCN(C(C)C)CC1. The Balaban J connectivity index is 1.67. The van der Waals surface area contributed by atoms with Gasteiger partial charge in [0.05, 0.1) is 13.3 Å². The minimum atomic E-state index is -0.263. The van der Waals surface area contributed by atoms with Gasteiger partial charge in [0.1, 0.15) is 17.1 Å². The molecule has 0 spiro atoms. The quantitative estimate of drug-likeness (QED) is 0.694. The fourth-order valence-electron chi connectivity index (χ4n) is 4.49. The Labute approximate surface area is 175 Å². The number of nitrogens with one attached hydrogen (secondary N) is 1. The summed E-state index contributed by atoms with van der Waals surface area (Å²) < 4.78 is 22.3. The number of aromatic amines is 1. The van der Waals surface area contributed by atoms with Gasteiger partial charge in [-0.25, -0.2) is 4.39 Å². The summed E-state index contributed by atoms with van der Waals surface area (Å²) in [5.74, 6) is 0.746. The number of pyridine rings is 1. The lowest BCUT2D eigenvalue weighted by atomic mass is 9.88. The Morgan fingerprint density at radius 1 is 1.30 bits per heavy atom. The molecule has 0 atom stereocenters. The lowest BCUT2D eigenvalue weighted by molar-refractivity contribution is 0.148. The second-order valence-electron chi connectivity index (χ2n) is 8.53. The van der Waals surface area contributed by atoms with Gasteiger partial charge in [-0.15, -0.1) is 0 Å². The molecular weight excluding hydrogens is 383 g/mol. The van der Waals surface area contributed by atoms with Gasteiger partial charge in [-0.2, -0.15) is 5.10 Å². The van der Waals surface area contributed by atoms with E-state index in [1.165, 1.54) is 4.57 Å². The molecule has 1 saturated heterocycles. The number of H-pyrrole nitrogens is 1. The monoisotopic (exact) mass is 412 g/mol. The topological polar surface area (TPSA) is 63.1 Å². The summed E-state index contributed by atoms with van der Waals surface area (Å²) in [7, 11) is 3.26. The number of halogens is 1. The molecule has 160 valence electrons. The van der Waals surface area contributed by atoms with E-state index < -0.39 is 0 Å². The van der Waals surface area contributed by atoms with Crippen LogP contribution in [0.15, 0.2) is 29.3 Å². The molecule has 0 aliphatic carbocycles. The number of hydrogen-bond donors (Lipinski definition) is 1. The molecule has 30 heavy (non-hydrogen) atoms. The number of piperidine rings is 1. The largest absolute Gasteiger partial charge is 0.496 e. The lowest BCUT2D eigenvalue weighted by Gasteiger charge is -2.34. The summed E-state index contributed by atoms with van der Waals surface area (Å²) in [6.07, 6.45) is 6.14. The van der Waals surface area contributed by atoms with Crippen LogP contribution in [-0.4, -0.2) is 45.9 Å². The molecule has 2 aromatic heterocycles. The molecule has 0 saturated carbocycles. The van der Waals surface area contributed by atoms with Crippen molar-refractivity contribution >= 4 is 10.9 Å². The van der Waals surface area contributed by atoms with Crippen molar-refractivity contribution in [1.29, 1.82) is 0 Å². The second kappa shape index (κ2) is 8.22. The van der Waals surface area contributed by atoms with Gasteiger partial charge in [0.25, 0.3) is 5.56 Å². The number of aryl methyl sites for hydroxylation is 1. The predicted molar refractivity (Wildman–Crippen MR) is 116 cm³/mol. The normalized spacial score (nSPS) is 15.9. The number of aromatic nitrogens is 3. The van der Waals surface area contributed by atoms with Crippen LogP contribution in [0.3, 0.4) is 0 Å². The van der Waals surface area contributed by atoms with Crippen LogP contribution < -0.4 is 10.3 Å². The first-order valence-corrected chi connectivity index (χ1v) is 10.5. The molecule has 3 aromatic rings. The van der Waals surface area contributed by atoms with Gasteiger partial charge in [-0.1, -0.05) is 0 Å². The zero-order valence-corrected chi connectivity index (χ0v) is 18.0. The van der Waals surface area contributed by atoms with Crippen LogP contribution in [0, 0.1) is 11.7 Å². The fraction of sp³-hybridized carbons (Fsp3) is 0.478. The van der Waals surface area contributed by atoms with Crippen molar-refractivity contribution in [3.05, 3.63) is 46.3 Å². The van der Waals surface area contributed by atoms with E-state index in [0.717, 1.165) is 31.5 Å². The van der Waals surface area contributed by atoms with E-state index in [1.54, 1.807) is 32.6 Å². The van der Waals surface area contributed by atoms with Gasteiger partial charge in [-0.05, 0) is 69.8 Å². The van der Waals surface area contributed by atoms with Gasteiger partial charge in [0, 0.05) is 35.8 Å².